The lowest BCUT2D eigenvalue weighted by Gasteiger charge is -2.41. The van der Waals surface area contributed by atoms with Gasteiger partial charge in [0.25, 0.3) is 0 Å². The van der Waals surface area contributed by atoms with Gasteiger partial charge in [-0.25, -0.2) is 0 Å². The van der Waals surface area contributed by atoms with Crippen LogP contribution < -0.4 is 0 Å². The quantitative estimate of drug-likeness (QED) is 0.447. The topological polar surface area (TPSA) is 3.24 Å². The molecule has 0 N–H and O–H groups in total. The molecule has 0 amide bonds. The Balaban J connectivity index is 2.92. The van der Waals surface area contributed by atoms with Crippen LogP contribution in [-0.4, -0.2) is 18.5 Å². The van der Waals surface area contributed by atoms with Crippen molar-refractivity contribution in [3.8, 4) is 0 Å². The average Bonchev–Trinajstić information content (AvgIpc) is 2.53. The molecule has 0 aliphatic heterocycles. The summed E-state index contributed by atoms with van der Waals surface area (Å²) in [7, 11) is 2.22. The zero-order chi connectivity index (χ0) is 18.5. The molecule has 1 aliphatic carbocycles. The Bertz CT molecular complexity index is 480. The van der Waals surface area contributed by atoms with E-state index in [2.05, 4.69) is 79.1 Å². The maximum Gasteiger partial charge on any atom is 0.0174 e. The maximum atomic E-state index is 4.52. The van der Waals surface area contributed by atoms with Crippen molar-refractivity contribution >= 4 is 0 Å². The molecule has 24 heavy (non-hydrogen) atoms. The molecule has 2 atom stereocenters. The molecule has 1 aliphatic rings. The Kier molecular flexibility index (Phi) is 7.83. The Morgan fingerprint density at radius 3 is 2.46 bits per heavy atom. The summed E-state index contributed by atoms with van der Waals surface area (Å²) in [5.41, 5.74) is 4.54. The fourth-order valence-electron chi connectivity index (χ4n) is 3.58. The van der Waals surface area contributed by atoms with E-state index in [9.17, 15) is 0 Å². The van der Waals surface area contributed by atoms with Crippen LogP contribution in [0.3, 0.4) is 0 Å². The van der Waals surface area contributed by atoms with Crippen molar-refractivity contribution < 1.29 is 0 Å². The molecule has 0 radical (unpaired) electrons. The van der Waals surface area contributed by atoms with E-state index in [4.69, 9.17) is 0 Å². The minimum absolute atomic E-state index is 0.119. The van der Waals surface area contributed by atoms with Gasteiger partial charge in [-0.15, -0.1) is 0 Å². The van der Waals surface area contributed by atoms with E-state index < -0.39 is 0 Å². The van der Waals surface area contributed by atoms with E-state index in [1.807, 2.05) is 0 Å². The minimum atomic E-state index is 0.119. The zero-order valence-electron chi connectivity index (χ0n) is 17.6. The third kappa shape index (κ3) is 5.26. The molecule has 1 heteroatoms. The third-order valence-corrected chi connectivity index (χ3v) is 6.15. The molecule has 0 heterocycles. The second-order valence-corrected chi connectivity index (χ2v) is 8.79. The van der Waals surface area contributed by atoms with Gasteiger partial charge in [-0.3, -0.25) is 0 Å². The predicted molar refractivity (Wildman–Crippen MR) is 109 cm³/mol. The van der Waals surface area contributed by atoms with Crippen molar-refractivity contribution in [3.63, 3.8) is 0 Å². The van der Waals surface area contributed by atoms with Gasteiger partial charge < -0.3 is 4.90 Å². The second kappa shape index (κ2) is 8.92. The summed E-state index contributed by atoms with van der Waals surface area (Å²) in [5.74, 6) is 2.02. The smallest absolute Gasteiger partial charge is 0.0174 e. The number of nitrogens with zero attached hydrogens (tertiary/aromatic N) is 1. The molecular formula is C23H41N. The fourth-order valence-corrected chi connectivity index (χ4v) is 3.58. The van der Waals surface area contributed by atoms with E-state index in [1.54, 1.807) is 5.57 Å². The van der Waals surface area contributed by atoms with Crippen LogP contribution in [-0.2, 0) is 0 Å². The molecule has 2 unspecified atom stereocenters. The van der Waals surface area contributed by atoms with Gasteiger partial charge in [0, 0.05) is 24.7 Å². The van der Waals surface area contributed by atoms with E-state index in [1.165, 1.54) is 30.5 Å². The van der Waals surface area contributed by atoms with Crippen LogP contribution in [0.25, 0.3) is 0 Å². The van der Waals surface area contributed by atoms with Gasteiger partial charge in [0.2, 0.25) is 0 Å². The van der Waals surface area contributed by atoms with E-state index in [-0.39, 0.29) is 5.41 Å². The van der Waals surface area contributed by atoms with Gasteiger partial charge in [-0.1, -0.05) is 78.3 Å². The third-order valence-electron chi connectivity index (χ3n) is 6.15. The summed E-state index contributed by atoms with van der Waals surface area (Å²) in [6.07, 6.45) is 9.63. The summed E-state index contributed by atoms with van der Waals surface area (Å²) in [5, 5.41) is 0. The summed E-state index contributed by atoms with van der Waals surface area (Å²) in [6.45, 7) is 21.9. The number of allylic oxidation sites excluding steroid dienone is 5. The van der Waals surface area contributed by atoms with Crippen LogP contribution in [0.2, 0.25) is 0 Å². The van der Waals surface area contributed by atoms with E-state index >= 15 is 0 Å². The highest BCUT2D eigenvalue weighted by Gasteiger charge is 2.34. The van der Waals surface area contributed by atoms with E-state index in [0.29, 0.717) is 11.8 Å². The highest BCUT2D eigenvalue weighted by molar-refractivity contribution is 5.32. The van der Waals surface area contributed by atoms with Crippen LogP contribution in [0.4, 0.5) is 0 Å². The zero-order valence-corrected chi connectivity index (χ0v) is 17.6. The lowest BCUT2D eigenvalue weighted by Crippen LogP contribution is -2.35. The first-order valence-corrected chi connectivity index (χ1v) is 9.91. The molecule has 0 aromatic carbocycles. The van der Waals surface area contributed by atoms with Crippen LogP contribution >= 0.6 is 0 Å². The average molecular weight is 332 g/mol. The molecule has 0 bridgehead atoms. The van der Waals surface area contributed by atoms with Crippen molar-refractivity contribution in [1.82, 2.24) is 4.90 Å². The standard InChI is InChI=1S/C23H41N/c1-10-22-15-21(12-11-19(22)6)16-23(8,18(4)5)20(7)24(9)14-13-17(2)3/h12,15,17-19H,7,10-11,13-14,16H2,1-6,8-9H3. The Labute approximate surface area is 151 Å². The van der Waals surface area contributed by atoms with Gasteiger partial charge in [0.05, 0.1) is 0 Å². The molecule has 0 saturated heterocycles. The van der Waals surface area contributed by atoms with Crippen LogP contribution in [0.1, 0.15) is 74.1 Å². The van der Waals surface area contributed by atoms with Crippen LogP contribution in [0, 0.1) is 23.2 Å². The molecule has 0 spiro atoms. The molecule has 0 aromatic heterocycles. The van der Waals surface area contributed by atoms with Gasteiger partial charge in [-0.2, -0.15) is 0 Å². The molecule has 1 rings (SSSR count). The summed E-state index contributed by atoms with van der Waals surface area (Å²) in [6, 6.07) is 0. The molecule has 0 fully saturated rings. The van der Waals surface area contributed by atoms with Gasteiger partial charge >= 0.3 is 0 Å². The summed E-state index contributed by atoms with van der Waals surface area (Å²) in [4.78, 5) is 2.40. The number of hydrogen-bond acceptors (Lipinski definition) is 1. The van der Waals surface area contributed by atoms with Crippen molar-refractivity contribution in [2.24, 2.45) is 23.2 Å². The Hall–Kier alpha value is -0.980. The van der Waals surface area contributed by atoms with Crippen molar-refractivity contribution in [3.05, 3.63) is 35.6 Å². The monoisotopic (exact) mass is 331 g/mol. The lowest BCUT2D eigenvalue weighted by atomic mass is 9.70. The number of rotatable bonds is 9. The molecule has 1 nitrogen and oxygen atoms in total. The van der Waals surface area contributed by atoms with Crippen molar-refractivity contribution in [2.75, 3.05) is 13.6 Å². The van der Waals surface area contributed by atoms with Crippen LogP contribution in [0.5, 0.6) is 0 Å². The molecule has 0 aromatic rings. The first kappa shape index (κ1) is 21.1. The number of hydrogen-bond donors (Lipinski definition) is 0. The first-order chi connectivity index (χ1) is 11.1. The summed E-state index contributed by atoms with van der Waals surface area (Å²) >= 11 is 0. The largest absolute Gasteiger partial charge is 0.378 e. The first-order valence-electron chi connectivity index (χ1n) is 9.91. The Morgan fingerprint density at radius 1 is 1.33 bits per heavy atom. The summed E-state index contributed by atoms with van der Waals surface area (Å²) < 4.78 is 0. The predicted octanol–water partition coefficient (Wildman–Crippen LogP) is 6.83. The molecule has 138 valence electrons. The normalized spacial score (nSPS) is 20.7. The maximum absolute atomic E-state index is 4.52. The van der Waals surface area contributed by atoms with Crippen molar-refractivity contribution in [1.29, 1.82) is 0 Å². The lowest BCUT2D eigenvalue weighted by molar-refractivity contribution is 0.199. The fraction of sp³-hybridized carbons (Fsp3) is 0.739. The molecule has 0 saturated carbocycles. The van der Waals surface area contributed by atoms with Gasteiger partial charge in [-0.05, 0) is 43.4 Å². The van der Waals surface area contributed by atoms with E-state index in [0.717, 1.165) is 18.9 Å². The highest BCUT2D eigenvalue weighted by Crippen LogP contribution is 2.43. The van der Waals surface area contributed by atoms with Gasteiger partial charge in [0.15, 0.2) is 0 Å². The van der Waals surface area contributed by atoms with Gasteiger partial charge in [0.1, 0.15) is 0 Å². The minimum Gasteiger partial charge on any atom is -0.378 e. The molecular weight excluding hydrogens is 290 g/mol. The Morgan fingerprint density at radius 2 is 1.96 bits per heavy atom. The van der Waals surface area contributed by atoms with Crippen LogP contribution in [0.15, 0.2) is 35.6 Å². The SMILES string of the molecule is C=C(N(C)CCC(C)C)C(C)(CC1=CCC(C)C(CC)=C1)C(C)C. The highest BCUT2D eigenvalue weighted by atomic mass is 15.1. The van der Waals surface area contributed by atoms with Crippen molar-refractivity contribution in [2.45, 2.75) is 74.1 Å². The second-order valence-electron chi connectivity index (χ2n) is 8.79.